The molecule has 1 aliphatic heterocycles. The third kappa shape index (κ3) is 8.86. The van der Waals surface area contributed by atoms with Gasteiger partial charge in [-0.1, -0.05) is 0 Å². The van der Waals surface area contributed by atoms with Crippen LogP contribution in [-0.2, 0) is 6.54 Å². The summed E-state index contributed by atoms with van der Waals surface area (Å²) in [5, 5.41) is 5.87. The third-order valence-electron chi connectivity index (χ3n) is 5.65. The number of nitrogens with one attached hydrogen (secondary N) is 2. The minimum atomic E-state index is -0.159. The Morgan fingerprint density at radius 2 is 1.79 bits per heavy atom. The first-order chi connectivity index (χ1) is 16.1. The number of carbonyl (C=O) groups is 1. The summed E-state index contributed by atoms with van der Waals surface area (Å²) in [7, 11) is 4.09. The molecule has 3 heterocycles. The van der Waals surface area contributed by atoms with E-state index in [4.69, 9.17) is 4.74 Å². The zero-order valence-electron chi connectivity index (χ0n) is 19.9. The second kappa shape index (κ2) is 13.6. The standard InChI is InChI=1S/C24H37N7O2/c1-29(2)12-4-18-33-23-20-26-9-5-21(23)19-28-24(32)27-8-3-13-30-14-16-31(17-15-30)22-6-10-25-11-7-22/h5-7,9-11,20H,3-4,8,12-19H2,1-2H3,(H2,27,28,32). The number of carbonyl (C=O) groups excluding carboxylic acids is 1. The summed E-state index contributed by atoms with van der Waals surface area (Å²) >= 11 is 0. The molecular formula is C24H37N7O2. The molecule has 1 aliphatic rings. The van der Waals surface area contributed by atoms with Crippen LogP contribution in [0.25, 0.3) is 0 Å². The summed E-state index contributed by atoms with van der Waals surface area (Å²) in [5.41, 5.74) is 2.16. The summed E-state index contributed by atoms with van der Waals surface area (Å²) in [6.45, 7) is 7.75. The molecule has 0 radical (unpaired) electrons. The highest BCUT2D eigenvalue weighted by Crippen LogP contribution is 2.16. The Kier molecular flexibility index (Phi) is 10.2. The lowest BCUT2D eigenvalue weighted by molar-refractivity contribution is 0.235. The summed E-state index contributed by atoms with van der Waals surface area (Å²) < 4.78 is 5.85. The summed E-state index contributed by atoms with van der Waals surface area (Å²) in [5.74, 6) is 0.725. The van der Waals surface area contributed by atoms with E-state index in [1.807, 2.05) is 32.6 Å². The van der Waals surface area contributed by atoms with E-state index in [2.05, 4.69) is 47.4 Å². The van der Waals surface area contributed by atoms with Gasteiger partial charge in [0, 0.05) is 75.7 Å². The van der Waals surface area contributed by atoms with Gasteiger partial charge < -0.3 is 25.2 Å². The van der Waals surface area contributed by atoms with Crippen LogP contribution in [-0.4, -0.2) is 92.3 Å². The highest BCUT2D eigenvalue weighted by molar-refractivity contribution is 5.73. The van der Waals surface area contributed by atoms with Crippen molar-refractivity contribution in [2.75, 3.05) is 71.4 Å². The molecule has 0 aromatic carbocycles. The summed E-state index contributed by atoms with van der Waals surface area (Å²) in [6, 6.07) is 5.84. The van der Waals surface area contributed by atoms with Crippen molar-refractivity contribution >= 4 is 11.7 Å². The predicted molar refractivity (Wildman–Crippen MR) is 131 cm³/mol. The molecule has 1 fully saturated rings. The molecule has 2 aromatic heterocycles. The van der Waals surface area contributed by atoms with Gasteiger partial charge in [-0.2, -0.15) is 0 Å². The SMILES string of the molecule is CN(C)CCCOc1cnccc1CNC(=O)NCCCN1CCN(c2ccncc2)CC1. The van der Waals surface area contributed by atoms with Crippen molar-refractivity contribution in [3.63, 3.8) is 0 Å². The van der Waals surface area contributed by atoms with Gasteiger partial charge in [0.1, 0.15) is 5.75 Å². The summed E-state index contributed by atoms with van der Waals surface area (Å²) in [6.07, 6.45) is 8.97. The van der Waals surface area contributed by atoms with E-state index in [9.17, 15) is 4.79 Å². The predicted octanol–water partition coefficient (Wildman–Crippen LogP) is 1.82. The molecule has 2 aromatic rings. The van der Waals surface area contributed by atoms with Crippen LogP contribution in [0.3, 0.4) is 0 Å². The van der Waals surface area contributed by atoms with E-state index in [0.717, 1.165) is 63.4 Å². The molecule has 0 spiro atoms. The molecule has 0 atom stereocenters. The molecule has 0 bridgehead atoms. The maximum Gasteiger partial charge on any atom is 0.315 e. The number of rotatable bonds is 12. The maximum atomic E-state index is 12.2. The van der Waals surface area contributed by atoms with Gasteiger partial charge in [-0.05, 0) is 51.7 Å². The van der Waals surface area contributed by atoms with Gasteiger partial charge in [-0.3, -0.25) is 14.9 Å². The molecule has 33 heavy (non-hydrogen) atoms. The van der Waals surface area contributed by atoms with Crippen LogP contribution in [0.15, 0.2) is 43.0 Å². The number of nitrogens with zero attached hydrogens (tertiary/aromatic N) is 5. The number of amides is 2. The molecule has 3 rings (SSSR count). The Labute approximate surface area is 197 Å². The Morgan fingerprint density at radius 3 is 2.55 bits per heavy atom. The summed E-state index contributed by atoms with van der Waals surface area (Å²) in [4.78, 5) is 27.4. The van der Waals surface area contributed by atoms with Crippen molar-refractivity contribution in [2.45, 2.75) is 19.4 Å². The van der Waals surface area contributed by atoms with Crippen LogP contribution in [0.4, 0.5) is 10.5 Å². The normalized spacial score (nSPS) is 14.3. The van der Waals surface area contributed by atoms with Gasteiger partial charge in [0.25, 0.3) is 0 Å². The number of anilines is 1. The molecule has 2 amide bonds. The molecule has 9 nitrogen and oxygen atoms in total. The van der Waals surface area contributed by atoms with E-state index in [1.165, 1.54) is 5.69 Å². The van der Waals surface area contributed by atoms with Gasteiger partial charge in [0.15, 0.2) is 0 Å². The molecule has 9 heteroatoms. The second-order valence-electron chi connectivity index (χ2n) is 8.49. The fraction of sp³-hybridized carbons (Fsp3) is 0.542. The van der Waals surface area contributed by atoms with Crippen molar-refractivity contribution < 1.29 is 9.53 Å². The third-order valence-corrected chi connectivity index (χ3v) is 5.65. The number of ether oxygens (including phenoxy) is 1. The Balaban J connectivity index is 1.28. The van der Waals surface area contributed by atoms with Crippen LogP contribution < -0.4 is 20.3 Å². The van der Waals surface area contributed by atoms with Crippen molar-refractivity contribution in [1.29, 1.82) is 0 Å². The lowest BCUT2D eigenvalue weighted by Gasteiger charge is -2.36. The first-order valence-electron chi connectivity index (χ1n) is 11.7. The molecule has 2 N–H and O–H groups in total. The Hall–Kier alpha value is -2.91. The zero-order chi connectivity index (χ0) is 23.3. The first-order valence-corrected chi connectivity index (χ1v) is 11.7. The van der Waals surface area contributed by atoms with Gasteiger partial charge >= 0.3 is 6.03 Å². The second-order valence-corrected chi connectivity index (χ2v) is 8.49. The topological polar surface area (TPSA) is 85.9 Å². The Bertz CT molecular complexity index is 827. The van der Waals surface area contributed by atoms with E-state index in [0.29, 0.717) is 19.7 Å². The number of piperazine rings is 1. The number of pyridine rings is 2. The van der Waals surface area contributed by atoms with Crippen molar-refractivity contribution in [3.8, 4) is 5.75 Å². The van der Waals surface area contributed by atoms with Crippen LogP contribution >= 0.6 is 0 Å². The smallest absolute Gasteiger partial charge is 0.315 e. The Morgan fingerprint density at radius 1 is 1.03 bits per heavy atom. The minimum Gasteiger partial charge on any atom is -0.492 e. The highest BCUT2D eigenvalue weighted by atomic mass is 16.5. The molecule has 0 unspecified atom stereocenters. The largest absolute Gasteiger partial charge is 0.492 e. The lowest BCUT2D eigenvalue weighted by atomic mass is 10.2. The quantitative estimate of drug-likeness (QED) is 0.472. The fourth-order valence-corrected chi connectivity index (χ4v) is 3.77. The van der Waals surface area contributed by atoms with Crippen molar-refractivity contribution in [1.82, 2.24) is 30.4 Å². The van der Waals surface area contributed by atoms with Crippen LogP contribution in [0.1, 0.15) is 18.4 Å². The van der Waals surface area contributed by atoms with Crippen LogP contribution in [0.5, 0.6) is 5.75 Å². The van der Waals surface area contributed by atoms with Gasteiger partial charge in [0.05, 0.1) is 12.8 Å². The van der Waals surface area contributed by atoms with E-state index in [1.54, 1.807) is 12.4 Å². The molecule has 0 aliphatic carbocycles. The molecule has 180 valence electrons. The average molecular weight is 456 g/mol. The van der Waals surface area contributed by atoms with Gasteiger partial charge in [-0.25, -0.2) is 4.79 Å². The maximum absolute atomic E-state index is 12.2. The van der Waals surface area contributed by atoms with Crippen LogP contribution in [0.2, 0.25) is 0 Å². The molecular weight excluding hydrogens is 418 g/mol. The van der Waals surface area contributed by atoms with E-state index in [-0.39, 0.29) is 6.03 Å². The monoisotopic (exact) mass is 455 g/mol. The molecule has 0 saturated carbocycles. The average Bonchev–Trinajstić information content (AvgIpc) is 2.84. The number of hydrogen-bond donors (Lipinski definition) is 2. The van der Waals surface area contributed by atoms with E-state index >= 15 is 0 Å². The van der Waals surface area contributed by atoms with Crippen molar-refractivity contribution in [2.24, 2.45) is 0 Å². The first kappa shape index (κ1) is 24.7. The van der Waals surface area contributed by atoms with Gasteiger partial charge in [0.2, 0.25) is 0 Å². The number of urea groups is 1. The number of hydrogen-bond acceptors (Lipinski definition) is 7. The van der Waals surface area contributed by atoms with Crippen molar-refractivity contribution in [3.05, 3.63) is 48.5 Å². The molecule has 1 saturated heterocycles. The van der Waals surface area contributed by atoms with Gasteiger partial charge in [-0.15, -0.1) is 0 Å². The highest BCUT2D eigenvalue weighted by Gasteiger charge is 2.16. The lowest BCUT2D eigenvalue weighted by Crippen LogP contribution is -2.47. The number of aromatic nitrogens is 2. The minimum absolute atomic E-state index is 0.159. The van der Waals surface area contributed by atoms with E-state index < -0.39 is 0 Å². The van der Waals surface area contributed by atoms with Crippen LogP contribution in [0, 0.1) is 0 Å². The fourth-order valence-electron chi connectivity index (χ4n) is 3.77. The zero-order valence-corrected chi connectivity index (χ0v) is 19.9.